The van der Waals surface area contributed by atoms with Crippen molar-refractivity contribution in [2.24, 2.45) is 5.41 Å². The van der Waals surface area contributed by atoms with Gasteiger partial charge in [-0.25, -0.2) is 9.97 Å². The minimum atomic E-state index is -0.482. The monoisotopic (exact) mass is 449 g/mol. The number of rotatable bonds is 7. The first-order valence-corrected chi connectivity index (χ1v) is 12.0. The number of anilines is 1. The van der Waals surface area contributed by atoms with Gasteiger partial charge in [0.25, 0.3) is 0 Å². The zero-order chi connectivity index (χ0) is 22.6. The molecule has 1 saturated heterocycles. The molecule has 6 nitrogen and oxygen atoms in total. The van der Waals surface area contributed by atoms with E-state index in [1.165, 1.54) is 16.0 Å². The Bertz CT molecular complexity index is 1030. The summed E-state index contributed by atoms with van der Waals surface area (Å²) in [5.74, 6) is 0.426. The summed E-state index contributed by atoms with van der Waals surface area (Å²) in [4.78, 5) is 25.4. The Kier molecular flexibility index (Phi) is 6.86. The van der Waals surface area contributed by atoms with Crippen molar-refractivity contribution in [3.63, 3.8) is 0 Å². The van der Waals surface area contributed by atoms with Crippen LogP contribution in [0.1, 0.15) is 37.8 Å². The average Bonchev–Trinajstić information content (AvgIpc) is 3.30. The van der Waals surface area contributed by atoms with Crippen LogP contribution in [0.25, 0.3) is 10.4 Å². The average molecular weight is 450 g/mol. The number of carbonyl (C=O) groups excluding carboxylic acids is 1. The predicted molar refractivity (Wildman–Crippen MR) is 130 cm³/mol. The summed E-state index contributed by atoms with van der Waals surface area (Å²) in [6.45, 7) is 6.42. The van der Waals surface area contributed by atoms with E-state index in [1.807, 2.05) is 13.8 Å². The molecule has 3 aromatic rings. The molecule has 168 valence electrons. The highest BCUT2D eigenvalue weighted by Crippen LogP contribution is 2.38. The van der Waals surface area contributed by atoms with E-state index >= 15 is 0 Å². The van der Waals surface area contributed by atoms with Crippen LogP contribution in [0.5, 0.6) is 0 Å². The van der Waals surface area contributed by atoms with Crippen LogP contribution in [0, 0.1) is 5.41 Å². The number of benzene rings is 1. The number of likely N-dealkylation sites (tertiary alicyclic amines) is 1. The molecule has 2 aromatic heterocycles. The Hall–Kier alpha value is -2.77. The molecule has 7 heteroatoms. The maximum Gasteiger partial charge on any atom is 0.228 e. The topological polar surface area (TPSA) is 84.1 Å². The summed E-state index contributed by atoms with van der Waals surface area (Å²) in [5, 5.41) is 5.32. The lowest BCUT2D eigenvalue weighted by molar-refractivity contribution is -0.135. The third kappa shape index (κ3) is 5.16. The van der Waals surface area contributed by atoms with Crippen molar-refractivity contribution in [1.82, 2.24) is 20.2 Å². The number of nitrogens with two attached hydrogens (primary N) is 1. The fourth-order valence-corrected chi connectivity index (χ4v) is 5.39. The Morgan fingerprint density at radius 1 is 1.22 bits per heavy atom. The van der Waals surface area contributed by atoms with Crippen LogP contribution < -0.4 is 11.1 Å². The van der Waals surface area contributed by atoms with E-state index < -0.39 is 5.41 Å². The second kappa shape index (κ2) is 9.79. The molecule has 0 bridgehead atoms. The first-order chi connectivity index (χ1) is 15.4. The molecule has 0 spiro atoms. The summed E-state index contributed by atoms with van der Waals surface area (Å²) in [5.41, 5.74) is 8.63. The highest BCUT2D eigenvalue weighted by atomic mass is 32.1. The Balaban J connectivity index is 1.63. The maximum absolute atomic E-state index is 13.6. The summed E-state index contributed by atoms with van der Waals surface area (Å²) < 4.78 is 0. The van der Waals surface area contributed by atoms with Crippen molar-refractivity contribution in [3.05, 3.63) is 65.3 Å². The second-order valence-electron chi connectivity index (χ2n) is 8.98. The van der Waals surface area contributed by atoms with Crippen molar-refractivity contribution < 1.29 is 4.79 Å². The minimum Gasteiger partial charge on any atom is -0.368 e. The smallest absolute Gasteiger partial charge is 0.228 e. The highest BCUT2D eigenvalue weighted by molar-refractivity contribution is 7.13. The first-order valence-electron chi connectivity index (χ1n) is 11.2. The maximum atomic E-state index is 13.6. The molecule has 1 fully saturated rings. The molecule has 32 heavy (non-hydrogen) atoms. The van der Waals surface area contributed by atoms with Crippen LogP contribution in [-0.4, -0.2) is 39.9 Å². The van der Waals surface area contributed by atoms with Crippen molar-refractivity contribution in [1.29, 1.82) is 0 Å². The molecule has 1 amide bonds. The van der Waals surface area contributed by atoms with Gasteiger partial charge >= 0.3 is 0 Å². The van der Waals surface area contributed by atoms with Gasteiger partial charge in [0.15, 0.2) is 0 Å². The Labute approximate surface area is 193 Å². The zero-order valence-corrected chi connectivity index (χ0v) is 19.6. The molecule has 0 aliphatic carbocycles. The van der Waals surface area contributed by atoms with Crippen molar-refractivity contribution in [3.8, 4) is 10.4 Å². The van der Waals surface area contributed by atoms with Gasteiger partial charge in [-0.15, -0.1) is 11.3 Å². The highest BCUT2D eigenvalue weighted by Gasteiger charge is 2.42. The lowest BCUT2D eigenvalue weighted by Gasteiger charge is -2.42. The number of nitrogens with zero attached hydrogens (tertiary/aromatic N) is 3. The number of amides is 1. The van der Waals surface area contributed by atoms with Crippen LogP contribution in [-0.2, 0) is 17.8 Å². The molecule has 3 heterocycles. The van der Waals surface area contributed by atoms with E-state index in [2.05, 4.69) is 62.0 Å². The van der Waals surface area contributed by atoms with Crippen molar-refractivity contribution >= 4 is 23.2 Å². The number of carbonyl (C=O) groups is 1. The number of hydrogen-bond acceptors (Lipinski definition) is 6. The van der Waals surface area contributed by atoms with Gasteiger partial charge in [0.1, 0.15) is 0 Å². The largest absolute Gasteiger partial charge is 0.368 e. The summed E-state index contributed by atoms with van der Waals surface area (Å²) in [6.07, 6.45) is 6.12. The summed E-state index contributed by atoms with van der Waals surface area (Å²) in [7, 11) is 0. The molecule has 0 saturated carbocycles. The number of hydrogen-bond donors (Lipinski definition) is 2. The van der Waals surface area contributed by atoms with E-state index in [9.17, 15) is 4.79 Å². The molecule has 1 aromatic carbocycles. The van der Waals surface area contributed by atoms with Crippen molar-refractivity contribution in [2.75, 3.05) is 18.8 Å². The number of nitrogen functional groups attached to an aromatic ring is 1. The molecule has 1 atom stereocenters. The second-order valence-corrected chi connectivity index (χ2v) is 9.93. The molecule has 0 unspecified atom stereocenters. The van der Waals surface area contributed by atoms with Gasteiger partial charge in [-0.3, -0.25) is 9.69 Å². The SMILES string of the molecule is CC(C)NC(=O)[C@]1(Cc2ccccc2-c2cccs2)CCCN(Cc2cnc(N)nc2)C1. The third-order valence-electron chi connectivity index (χ3n) is 6.02. The predicted octanol–water partition coefficient (Wildman–Crippen LogP) is 4.14. The quantitative estimate of drug-likeness (QED) is 0.566. The van der Waals surface area contributed by atoms with Crippen LogP contribution in [0.3, 0.4) is 0 Å². The Morgan fingerprint density at radius 3 is 2.72 bits per heavy atom. The van der Waals surface area contributed by atoms with Gasteiger partial charge in [-0.05, 0) is 62.2 Å². The molecular formula is C25H31N5OS. The van der Waals surface area contributed by atoms with Crippen LogP contribution >= 0.6 is 11.3 Å². The lowest BCUT2D eigenvalue weighted by Crippen LogP contribution is -2.54. The Morgan fingerprint density at radius 2 is 2.00 bits per heavy atom. The third-order valence-corrected chi connectivity index (χ3v) is 6.92. The summed E-state index contributed by atoms with van der Waals surface area (Å²) in [6, 6.07) is 12.8. The van der Waals surface area contributed by atoms with Gasteiger partial charge in [0.05, 0.1) is 5.41 Å². The normalized spacial score (nSPS) is 19.2. The van der Waals surface area contributed by atoms with E-state index in [0.29, 0.717) is 19.5 Å². The van der Waals surface area contributed by atoms with Crippen molar-refractivity contribution in [2.45, 2.75) is 45.7 Å². The lowest BCUT2D eigenvalue weighted by atomic mass is 9.73. The molecule has 0 radical (unpaired) electrons. The van der Waals surface area contributed by atoms with Gasteiger partial charge in [-0.2, -0.15) is 0 Å². The molecule has 3 N–H and O–H groups in total. The van der Waals surface area contributed by atoms with Gasteiger partial charge in [0.2, 0.25) is 11.9 Å². The molecule has 1 aliphatic heterocycles. The van der Waals surface area contributed by atoms with Crippen LogP contribution in [0.4, 0.5) is 5.95 Å². The molecule has 4 rings (SSSR count). The van der Waals surface area contributed by atoms with Gasteiger partial charge in [-0.1, -0.05) is 30.3 Å². The fourth-order valence-electron chi connectivity index (χ4n) is 4.60. The molecule has 1 aliphatic rings. The van der Waals surface area contributed by atoms with Gasteiger partial charge in [0, 0.05) is 42.0 Å². The van der Waals surface area contributed by atoms with Crippen LogP contribution in [0.15, 0.2) is 54.2 Å². The number of nitrogens with one attached hydrogen (secondary N) is 1. The molecular weight excluding hydrogens is 418 g/mol. The van der Waals surface area contributed by atoms with E-state index in [4.69, 9.17) is 5.73 Å². The van der Waals surface area contributed by atoms with Gasteiger partial charge < -0.3 is 11.1 Å². The van der Waals surface area contributed by atoms with Crippen LogP contribution in [0.2, 0.25) is 0 Å². The number of thiophene rings is 1. The number of aromatic nitrogens is 2. The minimum absolute atomic E-state index is 0.104. The van der Waals surface area contributed by atoms with E-state index in [0.717, 1.165) is 24.9 Å². The zero-order valence-electron chi connectivity index (χ0n) is 18.8. The first kappa shape index (κ1) is 22.4. The van der Waals surface area contributed by atoms with E-state index in [-0.39, 0.29) is 17.9 Å². The standard InChI is InChI=1S/C25H31N5OS/c1-18(2)29-23(31)25(13-20-7-3-4-8-21(20)22-9-5-12-32-22)10-6-11-30(17-25)16-19-14-27-24(26)28-15-19/h3-5,7-9,12,14-15,18H,6,10-11,13,16-17H2,1-2H3,(H,29,31)(H2,26,27,28)/t25-/m0/s1. The number of piperidine rings is 1. The fraction of sp³-hybridized carbons (Fsp3) is 0.400. The summed E-state index contributed by atoms with van der Waals surface area (Å²) >= 11 is 1.74. The van der Waals surface area contributed by atoms with E-state index in [1.54, 1.807) is 23.7 Å².